The lowest BCUT2D eigenvalue weighted by molar-refractivity contribution is -0.151. The summed E-state index contributed by atoms with van der Waals surface area (Å²) in [4.78, 5) is 16.9. The lowest BCUT2D eigenvalue weighted by atomic mass is 9.89. The summed E-state index contributed by atoms with van der Waals surface area (Å²) < 4.78 is 30.8. The van der Waals surface area contributed by atoms with Crippen molar-refractivity contribution >= 4 is 27.0 Å². The first-order chi connectivity index (χ1) is 12.9. The predicted octanol–water partition coefficient (Wildman–Crippen LogP) is 3.11. The third-order valence-corrected chi connectivity index (χ3v) is 6.06. The van der Waals surface area contributed by atoms with Gasteiger partial charge in [0, 0.05) is 6.54 Å². The SMILES string of the molecule is CCCCn1c(COC(=O)C2CCCCC2)nc2cc(S(N)(=O)=O)ccc21. The maximum Gasteiger partial charge on any atom is 0.309 e. The second kappa shape index (κ2) is 8.39. The van der Waals surface area contributed by atoms with E-state index in [1.165, 1.54) is 18.6 Å². The minimum absolute atomic E-state index is 0.0128. The van der Waals surface area contributed by atoms with Crippen molar-refractivity contribution in [3.8, 4) is 0 Å². The number of rotatable bonds is 7. The van der Waals surface area contributed by atoms with Gasteiger partial charge in [-0.25, -0.2) is 18.5 Å². The van der Waals surface area contributed by atoms with Crippen molar-refractivity contribution in [2.24, 2.45) is 11.1 Å². The van der Waals surface area contributed by atoms with Crippen LogP contribution in [0.1, 0.15) is 57.7 Å². The number of esters is 1. The van der Waals surface area contributed by atoms with Crippen LogP contribution in [0.4, 0.5) is 0 Å². The van der Waals surface area contributed by atoms with E-state index in [0.29, 0.717) is 11.3 Å². The Morgan fingerprint density at radius 2 is 2.04 bits per heavy atom. The molecule has 0 atom stereocenters. The highest BCUT2D eigenvalue weighted by molar-refractivity contribution is 7.89. The minimum atomic E-state index is -3.79. The number of unbranched alkanes of at least 4 members (excludes halogenated alkanes) is 1. The molecule has 1 aliphatic carbocycles. The zero-order valence-corrected chi connectivity index (χ0v) is 16.5. The van der Waals surface area contributed by atoms with Crippen LogP contribution in [-0.4, -0.2) is 23.9 Å². The van der Waals surface area contributed by atoms with Crippen LogP contribution in [0.15, 0.2) is 23.1 Å². The average molecular weight is 394 g/mol. The Morgan fingerprint density at radius 3 is 2.70 bits per heavy atom. The molecule has 148 valence electrons. The Labute approximate surface area is 160 Å². The second-order valence-electron chi connectivity index (χ2n) is 7.17. The number of nitrogens with zero attached hydrogens (tertiary/aromatic N) is 2. The van der Waals surface area contributed by atoms with E-state index in [1.54, 1.807) is 6.07 Å². The van der Waals surface area contributed by atoms with Crippen molar-refractivity contribution in [3.05, 3.63) is 24.0 Å². The fourth-order valence-electron chi connectivity index (χ4n) is 3.60. The molecular formula is C19H27N3O4S. The van der Waals surface area contributed by atoms with Gasteiger partial charge in [0.05, 0.1) is 21.8 Å². The van der Waals surface area contributed by atoms with E-state index in [1.807, 2.05) is 4.57 Å². The van der Waals surface area contributed by atoms with E-state index < -0.39 is 10.0 Å². The number of fused-ring (bicyclic) bond motifs is 1. The van der Waals surface area contributed by atoms with Gasteiger partial charge in [0.25, 0.3) is 0 Å². The van der Waals surface area contributed by atoms with Crippen LogP contribution >= 0.6 is 0 Å². The zero-order chi connectivity index (χ0) is 19.4. The number of nitrogens with two attached hydrogens (primary N) is 1. The highest BCUT2D eigenvalue weighted by Crippen LogP contribution is 2.26. The van der Waals surface area contributed by atoms with Crippen molar-refractivity contribution in [2.75, 3.05) is 0 Å². The number of aryl methyl sites for hydroxylation is 1. The molecule has 1 fully saturated rings. The maximum absolute atomic E-state index is 12.3. The van der Waals surface area contributed by atoms with Crippen LogP contribution in [0, 0.1) is 5.92 Å². The molecule has 0 bridgehead atoms. The number of aromatic nitrogens is 2. The Kier molecular flexibility index (Phi) is 6.16. The average Bonchev–Trinajstić information content (AvgIpc) is 3.01. The molecule has 8 heteroatoms. The van der Waals surface area contributed by atoms with Gasteiger partial charge in [0.15, 0.2) is 0 Å². The lowest BCUT2D eigenvalue weighted by Gasteiger charge is -2.20. The summed E-state index contributed by atoms with van der Waals surface area (Å²) in [7, 11) is -3.79. The second-order valence-corrected chi connectivity index (χ2v) is 8.73. The Bertz CT molecular complexity index is 914. The number of ether oxygens (including phenoxy) is 1. The van der Waals surface area contributed by atoms with E-state index in [2.05, 4.69) is 11.9 Å². The standard InChI is InChI=1S/C19H27N3O4S/c1-2-3-11-22-17-10-9-15(27(20,24)25)12-16(17)21-18(22)13-26-19(23)14-7-5-4-6-8-14/h9-10,12,14H,2-8,11,13H2,1H3,(H2,20,24,25). The molecule has 27 heavy (non-hydrogen) atoms. The quantitative estimate of drug-likeness (QED) is 0.728. The monoisotopic (exact) mass is 393 g/mol. The number of sulfonamides is 1. The third kappa shape index (κ3) is 4.68. The maximum atomic E-state index is 12.3. The molecule has 7 nitrogen and oxygen atoms in total. The van der Waals surface area contributed by atoms with E-state index in [-0.39, 0.29) is 23.4 Å². The molecule has 1 saturated carbocycles. The van der Waals surface area contributed by atoms with E-state index in [0.717, 1.165) is 50.6 Å². The van der Waals surface area contributed by atoms with Gasteiger partial charge >= 0.3 is 5.97 Å². The largest absolute Gasteiger partial charge is 0.457 e. The van der Waals surface area contributed by atoms with Gasteiger partial charge < -0.3 is 9.30 Å². The van der Waals surface area contributed by atoms with E-state index in [4.69, 9.17) is 9.88 Å². The van der Waals surface area contributed by atoms with Crippen LogP contribution in [-0.2, 0) is 32.7 Å². The van der Waals surface area contributed by atoms with Crippen molar-refractivity contribution in [3.63, 3.8) is 0 Å². The molecule has 1 aromatic heterocycles. The Hall–Kier alpha value is -1.93. The molecule has 3 rings (SSSR count). The third-order valence-electron chi connectivity index (χ3n) is 5.14. The summed E-state index contributed by atoms with van der Waals surface area (Å²) in [5.41, 5.74) is 1.36. The smallest absolute Gasteiger partial charge is 0.309 e. The summed E-state index contributed by atoms with van der Waals surface area (Å²) >= 11 is 0. The van der Waals surface area contributed by atoms with Crippen LogP contribution in [0.2, 0.25) is 0 Å². The molecule has 2 aromatic rings. The number of carbonyl (C=O) groups excluding carboxylic acids is 1. The fraction of sp³-hybridized carbons (Fsp3) is 0.579. The normalized spacial score (nSPS) is 15.9. The Morgan fingerprint density at radius 1 is 1.30 bits per heavy atom. The summed E-state index contributed by atoms with van der Waals surface area (Å²) in [6.45, 7) is 2.93. The first-order valence-corrected chi connectivity index (χ1v) is 11.1. The number of hydrogen-bond acceptors (Lipinski definition) is 5. The van der Waals surface area contributed by atoms with Crippen LogP contribution in [0.5, 0.6) is 0 Å². The summed E-state index contributed by atoms with van der Waals surface area (Å²) in [6.07, 6.45) is 7.08. The highest BCUT2D eigenvalue weighted by Gasteiger charge is 2.23. The number of carbonyl (C=O) groups is 1. The molecule has 0 aliphatic heterocycles. The zero-order valence-electron chi connectivity index (χ0n) is 15.7. The number of benzene rings is 1. The lowest BCUT2D eigenvalue weighted by Crippen LogP contribution is -2.21. The van der Waals surface area contributed by atoms with Gasteiger partial charge in [-0.2, -0.15) is 0 Å². The summed E-state index contributed by atoms with van der Waals surface area (Å²) in [5, 5.41) is 5.22. The summed E-state index contributed by atoms with van der Waals surface area (Å²) in [6, 6.07) is 4.67. The Balaban J connectivity index is 1.84. The van der Waals surface area contributed by atoms with Gasteiger partial charge in [-0.15, -0.1) is 0 Å². The predicted molar refractivity (Wildman–Crippen MR) is 102 cm³/mol. The molecule has 0 spiro atoms. The van der Waals surface area contributed by atoms with Gasteiger partial charge in [0.1, 0.15) is 12.4 Å². The topological polar surface area (TPSA) is 104 Å². The van der Waals surface area contributed by atoms with E-state index in [9.17, 15) is 13.2 Å². The molecular weight excluding hydrogens is 366 g/mol. The van der Waals surface area contributed by atoms with E-state index >= 15 is 0 Å². The van der Waals surface area contributed by atoms with Crippen LogP contribution < -0.4 is 5.14 Å². The fourth-order valence-corrected chi connectivity index (χ4v) is 4.14. The summed E-state index contributed by atoms with van der Waals surface area (Å²) in [5.74, 6) is 0.462. The highest BCUT2D eigenvalue weighted by atomic mass is 32.2. The van der Waals surface area contributed by atoms with Crippen LogP contribution in [0.3, 0.4) is 0 Å². The molecule has 1 aromatic carbocycles. The molecule has 0 radical (unpaired) electrons. The van der Waals surface area contributed by atoms with Crippen LogP contribution in [0.25, 0.3) is 11.0 Å². The minimum Gasteiger partial charge on any atom is -0.457 e. The number of imidazole rings is 1. The van der Waals surface area contributed by atoms with Gasteiger partial charge in [-0.1, -0.05) is 32.6 Å². The number of hydrogen-bond donors (Lipinski definition) is 1. The molecule has 1 aliphatic rings. The molecule has 0 unspecified atom stereocenters. The van der Waals surface area contributed by atoms with Crippen molar-refractivity contribution in [2.45, 2.75) is 69.9 Å². The molecule has 0 amide bonds. The van der Waals surface area contributed by atoms with Gasteiger partial charge in [-0.3, -0.25) is 4.79 Å². The number of primary sulfonamides is 1. The first-order valence-electron chi connectivity index (χ1n) is 9.58. The first kappa shape index (κ1) is 19.8. The van der Waals surface area contributed by atoms with Crippen molar-refractivity contribution in [1.82, 2.24) is 9.55 Å². The van der Waals surface area contributed by atoms with Crippen molar-refractivity contribution < 1.29 is 17.9 Å². The van der Waals surface area contributed by atoms with Gasteiger partial charge in [-0.05, 0) is 37.5 Å². The molecule has 0 saturated heterocycles. The van der Waals surface area contributed by atoms with Crippen molar-refractivity contribution in [1.29, 1.82) is 0 Å². The molecule has 1 heterocycles. The van der Waals surface area contributed by atoms with Gasteiger partial charge in [0.2, 0.25) is 10.0 Å². The molecule has 2 N–H and O–H groups in total.